The fourth-order valence-corrected chi connectivity index (χ4v) is 4.35. The van der Waals surface area contributed by atoms with E-state index in [2.05, 4.69) is 48.1 Å². The molecule has 0 spiro atoms. The molecule has 0 amide bonds. The molecule has 0 saturated heterocycles. The van der Waals surface area contributed by atoms with Crippen molar-refractivity contribution in [3.8, 4) is 5.88 Å². The van der Waals surface area contributed by atoms with Crippen molar-refractivity contribution in [2.45, 2.75) is 13.0 Å². The summed E-state index contributed by atoms with van der Waals surface area (Å²) in [6, 6.07) is 20.7. The third-order valence-corrected chi connectivity index (χ3v) is 6.35. The van der Waals surface area contributed by atoms with Gasteiger partial charge in [0.2, 0.25) is 0 Å². The normalized spacial score (nSPS) is 12.1. The van der Waals surface area contributed by atoms with Crippen molar-refractivity contribution in [2.24, 2.45) is 4.99 Å². The van der Waals surface area contributed by atoms with E-state index in [9.17, 15) is 9.90 Å². The van der Waals surface area contributed by atoms with Crippen LogP contribution in [0.2, 0.25) is 5.02 Å². The van der Waals surface area contributed by atoms with Gasteiger partial charge in [0, 0.05) is 35.6 Å². The maximum atomic E-state index is 11.1. The van der Waals surface area contributed by atoms with E-state index in [1.807, 2.05) is 30.3 Å². The van der Waals surface area contributed by atoms with Crippen LogP contribution in [0.5, 0.6) is 5.88 Å². The monoisotopic (exact) mass is 518 g/mol. The van der Waals surface area contributed by atoms with Crippen LogP contribution < -0.4 is 0 Å². The Morgan fingerprint density at radius 2 is 1.62 bits per heavy atom. The van der Waals surface area contributed by atoms with Gasteiger partial charge in [0.15, 0.2) is 5.88 Å². The summed E-state index contributed by atoms with van der Waals surface area (Å²) in [6.45, 7) is 2.80. The molecule has 192 valence electrons. The van der Waals surface area contributed by atoms with E-state index in [0.29, 0.717) is 27.4 Å². The lowest BCUT2D eigenvalue weighted by Crippen LogP contribution is -2.28. The van der Waals surface area contributed by atoms with Crippen LogP contribution in [0, 0.1) is 0 Å². The Kier molecular flexibility index (Phi) is 8.28. The van der Waals surface area contributed by atoms with Crippen molar-refractivity contribution in [2.75, 3.05) is 34.2 Å². The number of nitrogens with zero attached hydrogens (tertiary/aromatic N) is 3. The topological polar surface area (TPSA) is 92.2 Å². The molecule has 37 heavy (non-hydrogen) atoms. The molecular formula is C29H31ClN4O3. The minimum atomic E-state index is -0.889. The van der Waals surface area contributed by atoms with E-state index in [1.54, 1.807) is 24.3 Å². The molecule has 4 rings (SSSR count). The predicted octanol–water partition coefficient (Wildman–Crippen LogP) is 5.32. The van der Waals surface area contributed by atoms with Gasteiger partial charge in [0.1, 0.15) is 0 Å². The Morgan fingerprint density at radius 1 is 0.946 bits per heavy atom. The third kappa shape index (κ3) is 6.77. The van der Waals surface area contributed by atoms with Gasteiger partial charge in [-0.3, -0.25) is 4.79 Å². The Morgan fingerprint density at radius 3 is 2.27 bits per heavy atom. The van der Waals surface area contributed by atoms with Crippen LogP contribution in [0.4, 0.5) is 5.69 Å². The first kappa shape index (κ1) is 26.4. The number of aromatic amines is 1. The predicted molar refractivity (Wildman–Crippen MR) is 149 cm³/mol. The van der Waals surface area contributed by atoms with Gasteiger partial charge < -0.3 is 25.0 Å². The lowest BCUT2D eigenvalue weighted by atomic mass is 9.99. The van der Waals surface area contributed by atoms with Gasteiger partial charge in [-0.1, -0.05) is 54.1 Å². The summed E-state index contributed by atoms with van der Waals surface area (Å²) in [5, 5.41) is 21.3. The third-order valence-electron chi connectivity index (χ3n) is 6.12. The molecule has 0 saturated carbocycles. The van der Waals surface area contributed by atoms with Crippen molar-refractivity contribution in [1.82, 2.24) is 14.8 Å². The minimum Gasteiger partial charge on any atom is -0.494 e. The number of nitrogens with one attached hydrogen (secondary N) is 1. The number of aromatic nitrogens is 1. The zero-order valence-electron chi connectivity index (χ0n) is 21.2. The quantitative estimate of drug-likeness (QED) is 0.247. The van der Waals surface area contributed by atoms with Crippen molar-refractivity contribution in [3.05, 3.63) is 94.0 Å². The molecule has 4 aromatic rings. The van der Waals surface area contributed by atoms with Crippen LogP contribution in [0.1, 0.15) is 22.3 Å². The number of hydrogen-bond donors (Lipinski definition) is 3. The van der Waals surface area contributed by atoms with Crippen LogP contribution in [0.25, 0.3) is 10.9 Å². The van der Waals surface area contributed by atoms with E-state index < -0.39 is 5.97 Å². The summed E-state index contributed by atoms with van der Waals surface area (Å²) < 4.78 is 0. The summed E-state index contributed by atoms with van der Waals surface area (Å²) in [5.41, 5.74) is 5.21. The first-order valence-corrected chi connectivity index (χ1v) is 12.4. The van der Waals surface area contributed by atoms with E-state index in [0.717, 1.165) is 36.3 Å². The van der Waals surface area contributed by atoms with Crippen molar-refractivity contribution in [3.63, 3.8) is 0 Å². The molecule has 0 fully saturated rings. The number of halogens is 1. The summed E-state index contributed by atoms with van der Waals surface area (Å²) >= 11 is 6.17. The molecule has 8 heteroatoms. The number of carboxylic acid groups (broad SMARTS) is 1. The first-order chi connectivity index (χ1) is 17.7. The van der Waals surface area contributed by atoms with Crippen molar-refractivity contribution < 1.29 is 15.0 Å². The van der Waals surface area contributed by atoms with Gasteiger partial charge in [-0.15, -0.1) is 0 Å². The second-order valence-electron chi connectivity index (χ2n) is 9.47. The van der Waals surface area contributed by atoms with Crippen LogP contribution in [0.15, 0.2) is 71.7 Å². The van der Waals surface area contributed by atoms with Crippen molar-refractivity contribution in [1.29, 1.82) is 0 Å². The van der Waals surface area contributed by atoms with E-state index in [-0.39, 0.29) is 12.3 Å². The Labute approximate surface area is 221 Å². The molecule has 0 radical (unpaired) electrons. The molecule has 0 unspecified atom stereocenters. The lowest BCUT2D eigenvalue weighted by Gasteiger charge is -2.19. The van der Waals surface area contributed by atoms with Crippen LogP contribution >= 0.6 is 11.6 Å². The van der Waals surface area contributed by atoms with E-state index in [4.69, 9.17) is 21.7 Å². The highest BCUT2D eigenvalue weighted by Crippen LogP contribution is 2.33. The molecular weight excluding hydrogens is 488 g/mol. The number of hydrogen-bond acceptors (Lipinski definition) is 5. The number of H-pyrrole nitrogens is 1. The second-order valence-corrected chi connectivity index (χ2v) is 9.91. The summed E-state index contributed by atoms with van der Waals surface area (Å²) in [4.78, 5) is 23.5. The summed E-state index contributed by atoms with van der Waals surface area (Å²) in [5.74, 6) is -0.898. The molecule has 1 heterocycles. The smallest absolute Gasteiger partial charge is 0.307 e. The lowest BCUT2D eigenvalue weighted by molar-refractivity contribution is -0.136. The SMILES string of the molecule is CN(C)CCN(C)Cc1ccc(N=C(c2ccc(CC(=O)O)cc2)c2c(O)[nH]c3cc(Cl)ccc23)cc1. The fraction of sp³-hybridized carbons (Fsp3) is 0.241. The van der Waals surface area contributed by atoms with Gasteiger partial charge >= 0.3 is 5.97 Å². The average Bonchev–Trinajstić information content (AvgIpc) is 3.17. The molecule has 0 atom stereocenters. The number of carboxylic acids is 1. The number of aliphatic carboxylic acids is 1. The molecule has 3 aromatic carbocycles. The molecule has 0 aliphatic rings. The zero-order valence-corrected chi connectivity index (χ0v) is 22.0. The van der Waals surface area contributed by atoms with Crippen molar-refractivity contribution >= 4 is 39.9 Å². The molecule has 3 N–H and O–H groups in total. The Balaban J connectivity index is 1.71. The minimum absolute atomic E-state index is 0.00948. The number of aliphatic imine (C=N–C) groups is 1. The fourth-order valence-electron chi connectivity index (χ4n) is 4.18. The Bertz CT molecular complexity index is 1410. The highest BCUT2D eigenvalue weighted by Gasteiger charge is 2.19. The maximum absolute atomic E-state index is 11.1. The first-order valence-electron chi connectivity index (χ1n) is 12.0. The van der Waals surface area contributed by atoms with Crippen LogP contribution in [-0.2, 0) is 17.8 Å². The highest BCUT2D eigenvalue weighted by atomic mass is 35.5. The standard InChI is InChI=1S/C29H31ClN4O3/c1-33(2)14-15-34(3)18-20-6-11-23(12-7-20)31-28(21-8-4-19(5-9-21)16-26(35)36)27-24-13-10-22(30)17-25(24)32-29(27)37/h4-13,17,32,37H,14-16,18H2,1-3H3,(H,35,36). The van der Waals surface area contributed by atoms with Crippen LogP contribution in [0.3, 0.4) is 0 Å². The molecule has 1 aromatic heterocycles. The number of carbonyl (C=O) groups is 1. The van der Waals surface area contributed by atoms with Gasteiger partial charge in [-0.05, 0) is 56.5 Å². The number of benzene rings is 3. The molecule has 7 nitrogen and oxygen atoms in total. The maximum Gasteiger partial charge on any atom is 0.307 e. The number of aromatic hydroxyl groups is 1. The molecule has 0 aliphatic heterocycles. The average molecular weight is 519 g/mol. The van der Waals surface area contributed by atoms with Gasteiger partial charge in [-0.25, -0.2) is 4.99 Å². The van der Waals surface area contributed by atoms with Crippen LogP contribution in [-0.4, -0.2) is 70.9 Å². The number of likely N-dealkylation sites (N-methyl/N-ethyl adjacent to an activating group) is 2. The van der Waals surface area contributed by atoms with E-state index in [1.165, 1.54) is 5.56 Å². The largest absolute Gasteiger partial charge is 0.494 e. The van der Waals surface area contributed by atoms with Gasteiger partial charge in [0.05, 0.1) is 28.9 Å². The molecule has 0 bridgehead atoms. The van der Waals surface area contributed by atoms with Gasteiger partial charge in [-0.2, -0.15) is 0 Å². The number of fused-ring (bicyclic) bond motifs is 1. The zero-order chi connectivity index (χ0) is 26.5. The second kappa shape index (κ2) is 11.6. The summed E-state index contributed by atoms with van der Waals surface area (Å²) in [7, 11) is 6.24. The van der Waals surface area contributed by atoms with E-state index >= 15 is 0 Å². The van der Waals surface area contributed by atoms with Gasteiger partial charge in [0.25, 0.3) is 0 Å². The number of rotatable bonds is 10. The highest BCUT2D eigenvalue weighted by molar-refractivity contribution is 6.31. The Hall–Kier alpha value is -3.65. The molecule has 0 aliphatic carbocycles. The summed E-state index contributed by atoms with van der Waals surface area (Å²) in [6.07, 6.45) is -0.0615.